The first kappa shape index (κ1) is 15.9. The topological polar surface area (TPSA) is 58.5 Å². The van der Waals surface area contributed by atoms with Crippen LogP contribution in [0.5, 0.6) is 0 Å². The second kappa shape index (κ2) is 7.13. The summed E-state index contributed by atoms with van der Waals surface area (Å²) < 4.78 is 11.1. The molecule has 4 aromatic rings. The first-order chi connectivity index (χ1) is 12.3. The average Bonchev–Trinajstić information content (AvgIpc) is 3.30. The Balaban J connectivity index is 1.29. The third-order valence-electron chi connectivity index (χ3n) is 4.57. The number of para-hydroxylation sites is 2. The van der Waals surface area contributed by atoms with Crippen molar-refractivity contribution in [1.29, 1.82) is 0 Å². The van der Waals surface area contributed by atoms with Crippen LogP contribution in [0.1, 0.15) is 23.7 Å². The van der Waals surface area contributed by atoms with Gasteiger partial charge in [-0.1, -0.05) is 36.4 Å². The van der Waals surface area contributed by atoms with E-state index in [1.807, 2.05) is 30.3 Å². The molecule has 2 N–H and O–H groups in total. The zero-order valence-electron chi connectivity index (χ0n) is 13.9. The predicted molar refractivity (Wildman–Crippen MR) is 98.6 cm³/mol. The number of aryl methyl sites for hydroxylation is 1. The fraction of sp³-hybridized carbons (Fsp3) is 0.238. The molecule has 0 fully saturated rings. The highest BCUT2D eigenvalue weighted by Crippen LogP contribution is 2.25. The van der Waals surface area contributed by atoms with Crippen LogP contribution in [0.25, 0.3) is 21.9 Å². The number of hydrogen-bond donors (Lipinski definition) is 2. The van der Waals surface area contributed by atoms with E-state index >= 15 is 0 Å². The lowest BCUT2D eigenvalue weighted by atomic mass is 10.1. The van der Waals surface area contributed by atoms with E-state index in [-0.39, 0.29) is 0 Å². The average molecular weight is 335 g/mol. The van der Waals surface area contributed by atoms with Gasteiger partial charge in [-0.05, 0) is 37.1 Å². The summed E-state index contributed by atoms with van der Waals surface area (Å²) in [5.74, 6) is 0. The molecule has 0 aliphatic rings. The second-order valence-electron chi connectivity index (χ2n) is 6.27. The first-order valence-electron chi connectivity index (χ1n) is 8.63. The summed E-state index contributed by atoms with van der Waals surface area (Å²) in [5, 5.41) is 15.9. The van der Waals surface area contributed by atoms with Gasteiger partial charge >= 0.3 is 0 Å². The van der Waals surface area contributed by atoms with E-state index < -0.39 is 6.10 Å². The van der Waals surface area contributed by atoms with Crippen LogP contribution in [0, 0.1) is 0 Å². The lowest BCUT2D eigenvalue weighted by Crippen LogP contribution is -2.23. The molecule has 128 valence electrons. The quantitative estimate of drug-likeness (QED) is 0.490. The molecule has 0 radical (unpaired) electrons. The van der Waals surface area contributed by atoms with Crippen LogP contribution < -0.4 is 5.32 Å². The minimum absolute atomic E-state index is 0.505. The molecular weight excluding hydrogens is 314 g/mol. The van der Waals surface area contributed by atoms with E-state index in [2.05, 4.69) is 23.5 Å². The summed E-state index contributed by atoms with van der Waals surface area (Å²) in [6, 6.07) is 16.0. The smallest absolute Gasteiger partial charge is 0.139 e. The zero-order chi connectivity index (χ0) is 17.1. The van der Waals surface area contributed by atoms with Gasteiger partial charge in [0.05, 0.1) is 18.6 Å². The molecule has 4 rings (SSSR count). The van der Waals surface area contributed by atoms with Crippen LogP contribution in [-0.4, -0.2) is 18.2 Å². The van der Waals surface area contributed by atoms with Gasteiger partial charge in [0.2, 0.25) is 0 Å². The Hall–Kier alpha value is -2.56. The van der Waals surface area contributed by atoms with E-state index in [1.165, 1.54) is 5.56 Å². The van der Waals surface area contributed by atoms with Gasteiger partial charge in [-0.15, -0.1) is 0 Å². The Kier molecular flexibility index (Phi) is 4.55. The Bertz CT molecular complexity index is 969. The van der Waals surface area contributed by atoms with Crippen LogP contribution in [-0.2, 0) is 6.42 Å². The molecule has 0 amide bonds. The fourth-order valence-corrected chi connectivity index (χ4v) is 3.28. The third kappa shape index (κ3) is 3.31. The van der Waals surface area contributed by atoms with E-state index in [0.29, 0.717) is 6.54 Å². The van der Waals surface area contributed by atoms with Crippen molar-refractivity contribution in [2.45, 2.75) is 18.9 Å². The number of benzene rings is 2. The summed E-state index contributed by atoms with van der Waals surface area (Å²) in [7, 11) is 0. The molecule has 2 heterocycles. The summed E-state index contributed by atoms with van der Waals surface area (Å²) in [6.45, 7) is 1.34. The molecule has 0 saturated carbocycles. The van der Waals surface area contributed by atoms with Gasteiger partial charge in [0.25, 0.3) is 0 Å². The monoisotopic (exact) mass is 335 g/mol. The number of nitrogens with one attached hydrogen (secondary N) is 1. The SMILES string of the molecule is OC(CNCCCc1cccc2ccoc12)c1cccc2ccoc12. The van der Waals surface area contributed by atoms with E-state index in [9.17, 15) is 5.11 Å². The molecule has 0 bridgehead atoms. The maximum Gasteiger partial charge on any atom is 0.139 e. The number of furan rings is 2. The van der Waals surface area contributed by atoms with Crippen LogP contribution in [0.2, 0.25) is 0 Å². The summed E-state index contributed by atoms with van der Waals surface area (Å²) in [5.41, 5.74) is 3.80. The highest BCUT2D eigenvalue weighted by molar-refractivity contribution is 5.81. The van der Waals surface area contributed by atoms with Crippen molar-refractivity contribution < 1.29 is 13.9 Å². The highest BCUT2D eigenvalue weighted by atomic mass is 16.3. The number of fused-ring (bicyclic) bond motifs is 2. The summed E-state index contributed by atoms with van der Waals surface area (Å²) >= 11 is 0. The number of aliphatic hydroxyl groups is 1. The molecular formula is C21H21NO3. The van der Waals surface area contributed by atoms with Gasteiger partial charge in [0.1, 0.15) is 11.2 Å². The molecule has 2 aromatic heterocycles. The van der Waals surface area contributed by atoms with Gasteiger partial charge < -0.3 is 19.3 Å². The molecule has 0 aliphatic carbocycles. The number of rotatable bonds is 7. The van der Waals surface area contributed by atoms with Crippen molar-refractivity contribution in [1.82, 2.24) is 5.32 Å². The second-order valence-corrected chi connectivity index (χ2v) is 6.27. The molecule has 1 atom stereocenters. The molecule has 1 unspecified atom stereocenters. The van der Waals surface area contributed by atoms with Gasteiger partial charge in [-0.25, -0.2) is 0 Å². The Morgan fingerprint density at radius 3 is 2.44 bits per heavy atom. The van der Waals surface area contributed by atoms with Gasteiger partial charge in [0.15, 0.2) is 0 Å². The van der Waals surface area contributed by atoms with Crippen molar-refractivity contribution in [3.05, 3.63) is 72.2 Å². The summed E-state index contributed by atoms with van der Waals surface area (Å²) in [4.78, 5) is 0. The Labute approximate surface area is 146 Å². The summed E-state index contributed by atoms with van der Waals surface area (Å²) in [6.07, 6.45) is 4.74. The van der Waals surface area contributed by atoms with E-state index in [4.69, 9.17) is 8.83 Å². The van der Waals surface area contributed by atoms with E-state index in [1.54, 1.807) is 12.5 Å². The number of aliphatic hydroxyl groups excluding tert-OH is 1. The van der Waals surface area contributed by atoms with Crippen molar-refractivity contribution >= 4 is 21.9 Å². The van der Waals surface area contributed by atoms with Crippen LogP contribution >= 0.6 is 0 Å². The van der Waals surface area contributed by atoms with Gasteiger partial charge in [0, 0.05) is 22.9 Å². The molecule has 0 aliphatic heterocycles. The minimum Gasteiger partial charge on any atom is -0.464 e. The molecule has 4 heteroatoms. The third-order valence-corrected chi connectivity index (χ3v) is 4.57. The standard InChI is InChI=1S/C21H21NO3/c23-19(18-8-2-6-17-10-13-25-21(17)18)14-22-11-3-7-15-4-1-5-16-9-12-24-20(15)16/h1-2,4-6,8-10,12-13,19,22-23H,3,7,11,14H2. The lowest BCUT2D eigenvalue weighted by molar-refractivity contribution is 0.175. The lowest BCUT2D eigenvalue weighted by Gasteiger charge is -2.12. The minimum atomic E-state index is -0.580. The van der Waals surface area contributed by atoms with Crippen LogP contribution in [0.4, 0.5) is 0 Å². The predicted octanol–water partition coefficient (Wildman–Crippen LogP) is 4.43. The van der Waals surface area contributed by atoms with E-state index in [0.717, 1.165) is 46.9 Å². The molecule has 25 heavy (non-hydrogen) atoms. The van der Waals surface area contributed by atoms with Crippen LogP contribution in [0.15, 0.2) is 69.9 Å². The van der Waals surface area contributed by atoms with Gasteiger partial charge in [-0.2, -0.15) is 0 Å². The largest absolute Gasteiger partial charge is 0.464 e. The van der Waals surface area contributed by atoms with Crippen LogP contribution in [0.3, 0.4) is 0 Å². The highest BCUT2D eigenvalue weighted by Gasteiger charge is 2.13. The van der Waals surface area contributed by atoms with Crippen molar-refractivity contribution in [2.24, 2.45) is 0 Å². The normalized spacial score (nSPS) is 12.8. The molecule has 2 aromatic carbocycles. The first-order valence-corrected chi connectivity index (χ1v) is 8.63. The number of hydrogen-bond acceptors (Lipinski definition) is 4. The zero-order valence-corrected chi connectivity index (χ0v) is 13.9. The maximum atomic E-state index is 10.4. The Morgan fingerprint density at radius 2 is 1.60 bits per heavy atom. The van der Waals surface area contributed by atoms with Crippen molar-refractivity contribution in [3.8, 4) is 0 Å². The van der Waals surface area contributed by atoms with Crippen molar-refractivity contribution in [2.75, 3.05) is 13.1 Å². The fourth-order valence-electron chi connectivity index (χ4n) is 3.28. The Morgan fingerprint density at radius 1 is 0.880 bits per heavy atom. The van der Waals surface area contributed by atoms with Crippen molar-refractivity contribution in [3.63, 3.8) is 0 Å². The molecule has 0 spiro atoms. The molecule has 4 nitrogen and oxygen atoms in total. The van der Waals surface area contributed by atoms with Gasteiger partial charge in [-0.3, -0.25) is 0 Å². The maximum absolute atomic E-state index is 10.4. The molecule has 0 saturated heterocycles.